The predicted octanol–water partition coefficient (Wildman–Crippen LogP) is 2.95. The van der Waals surface area contributed by atoms with Gasteiger partial charge >= 0.3 is 11.7 Å². The lowest BCUT2D eigenvalue weighted by molar-refractivity contribution is -0.383. The van der Waals surface area contributed by atoms with Crippen LogP contribution >= 0.6 is 0 Å². The molecule has 3 aromatic rings. The van der Waals surface area contributed by atoms with Crippen LogP contribution in [0, 0.1) is 10.1 Å². The molecule has 0 atom stereocenters. The second-order valence-corrected chi connectivity index (χ2v) is 9.49. The normalized spacial score (nSPS) is 11.1. The van der Waals surface area contributed by atoms with Gasteiger partial charge in [0.2, 0.25) is 11.6 Å². The summed E-state index contributed by atoms with van der Waals surface area (Å²) in [6.45, 7) is 2.31. The van der Waals surface area contributed by atoms with E-state index >= 15 is 0 Å². The first-order chi connectivity index (χ1) is 16.7. The van der Waals surface area contributed by atoms with Gasteiger partial charge in [0, 0.05) is 19.3 Å². The van der Waals surface area contributed by atoms with Gasteiger partial charge in [-0.1, -0.05) is 12.1 Å². The Kier molecular flexibility index (Phi) is 8.36. The molecule has 0 amide bonds. The van der Waals surface area contributed by atoms with E-state index in [1.807, 2.05) is 0 Å². The zero-order valence-corrected chi connectivity index (χ0v) is 20.0. The molecule has 0 spiro atoms. The highest BCUT2D eigenvalue weighted by molar-refractivity contribution is 7.90. The van der Waals surface area contributed by atoms with E-state index in [-0.39, 0.29) is 54.9 Å². The summed E-state index contributed by atoms with van der Waals surface area (Å²) < 4.78 is 33.6. The molecule has 35 heavy (non-hydrogen) atoms. The van der Waals surface area contributed by atoms with Crippen LogP contribution < -0.4 is 10.2 Å². The van der Waals surface area contributed by atoms with Gasteiger partial charge in [-0.2, -0.15) is 0 Å². The highest BCUT2D eigenvalue weighted by Crippen LogP contribution is 2.33. The molecule has 0 fully saturated rings. The van der Waals surface area contributed by atoms with E-state index in [2.05, 4.69) is 15.3 Å². The van der Waals surface area contributed by atoms with Gasteiger partial charge in [0.1, 0.15) is 12.1 Å². The number of ether oxygens (including phenoxy) is 1. The smallest absolute Gasteiger partial charge is 0.353 e. The Morgan fingerprint density at radius 2 is 1.97 bits per heavy atom. The van der Waals surface area contributed by atoms with E-state index in [0.29, 0.717) is 11.3 Å². The first kappa shape index (κ1) is 25.6. The molecular weight excluding hydrogens is 478 g/mol. The molecule has 186 valence electrons. The first-order valence-corrected chi connectivity index (χ1v) is 12.5. The van der Waals surface area contributed by atoms with E-state index < -0.39 is 20.7 Å². The lowest BCUT2D eigenvalue weighted by atomic mass is 10.2. The number of hydrogen-bond donors (Lipinski definition) is 1. The van der Waals surface area contributed by atoms with Gasteiger partial charge in [-0.05, 0) is 36.8 Å². The molecule has 3 rings (SSSR count). The highest BCUT2D eigenvalue weighted by Gasteiger charge is 2.28. The van der Waals surface area contributed by atoms with Crippen molar-refractivity contribution in [1.29, 1.82) is 0 Å². The Balaban J connectivity index is 1.87. The average Bonchev–Trinajstić information content (AvgIpc) is 3.33. The fourth-order valence-corrected chi connectivity index (χ4v) is 3.88. The first-order valence-electron chi connectivity index (χ1n) is 10.6. The van der Waals surface area contributed by atoms with Crippen molar-refractivity contribution in [3.63, 3.8) is 0 Å². The van der Waals surface area contributed by atoms with Crippen LogP contribution in [-0.2, 0) is 32.5 Å². The number of esters is 1. The van der Waals surface area contributed by atoms with Crippen molar-refractivity contribution < 1.29 is 27.3 Å². The van der Waals surface area contributed by atoms with Gasteiger partial charge in [-0.25, -0.2) is 18.4 Å². The summed E-state index contributed by atoms with van der Waals surface area (Å²) in [5.41, 5.74) is 0.331. The van der Waals surface area contributed by atoms with Crippen molar-refractivity contribution in [3.8, 4) is 0 Å². The van der Waals surface area contributed by atoms with Crippen LogP contribution in [0.3, 0.4) is 0 Å². The zero-order chi connectivity index (χ0) is 25.4. The minimum absolute atomic E-state index is 0.00878. The summed E-state index contributed by atoms with van der Waals surface area (Å²) >= 11 is 0. The molecule has 0 saturated heterocycles. The predicted molar refractivity (Wildman–Crippen MR) is 127 cm³/mol. The third-order valence-corrected chi connectivity index (χ3v) is 6.04. The molecule has 2 aromatic heterocycles. The summed E-state index contributed by atoms with van der Waals surface area (Å²) in [6, 6.07) is 9.55. The molecule has 0 unspecified atom stereocenters. The Hall–Kier alpha value is -4.00. The standard InChI is InChI=1S/C22H25N5O7S/c1-3-33-19(28)10-11-26(14-17-5-4-12-34-17)22-20(27(29)30)21(24-15-25-22)23-13-16-6-8-18(9-7-16)35(2,31)32/h4-9,12,15H,3,10-11,13-14H2,1-2H3,(H,23,24,25). The zero-order valence-electron chi connectivity index (χ0n) is 19.2. The van der Waals surface area contributed by atoms with E-state index in [9.17, 15) is 23.3 Å². The van der Waals surface area contributed by atoms with Crippen molar-refractivity contribution in [3.05, 3.63) is 70.4 Å². The number of rotatable bonds is 12. The van der Waals surface area contributed by atoms with Crippen molar-refractivity contribution in [2.45, 2.75) is 31.3 Å². The molecule has 0 saturated carbocycles. The Morgan fingerprint density at radius 3 is 2.57 bits per heavy atom. The van der Waals surface area contributed by atoms with Crippen molar-refractivity contribution in [2.24, 2.45) is 0 Å². The minimum Gasteiger partial charge on any atom is -0.467 e. The molecule has 1 N–H and O–H groups in total. The van der Waals surface area contributed by atoms with Crippen molar-refractivity contribution in [2.75, 3.05) is 29.6 Å². The average molecular weight is 504 g/mol. The van der Waals surface area contributed by atoms with E-state index in [0.717, 1.165) is 6.26 Å². The minimum atomic E-state index is -3.33. The SMILES string of the molecule is CCOC(=O)CCN(Cc1ccco1)c1ncnc(NCc2ccc(S(C)(=O)=O)cc2)c1[N+](=O)[O-]. The number of nitrogens with zero attached hydrogens (tertiary/aromatic N) is 4. The number of anilines is 2. The lowest BCUT2D eigenvalue weighted by Gasteiger charge is -2.22. The summed E-state index contributed by atoms with van der Waals surface area (Å²) in [6.07, 6.45) is 3.78. The molecule has 0 aliphatic carbocycles. The Morgan fingerprint density at radius 1 is 1.23 bits per heavy atom. The third kappa shape index (κ3) is 6.99. The van der Waals surface area contributed by atoms with Gasteiger partial charge in [0.05, 0.1) is 35.7 Å². The second kappa shape index (κ2) is 11.4. The number of carbonyl (C=O) groups is 1. The van der Waals surface area contributed by atoms with Crippen LogP contribution in [0.5, 0.6) is 0 Å². The van der Waals surface area contributed by atoms with Crippen LogP contribution in [0.1, 0.15) is 24.7 Å². The van der Waals surface area contributed by atoms with Crippen molar-refractivity contribution >= 4 is 33.1 Å². The largest absolute Gasteiger partial charge is 0.467 e. The number of benzene rings is 1. The topological polar surface area (TPSA) is 158 Å². The van der Waals surface area contributed by atoms with Gasteiger partial charge in [-0.15, -0.1) is 0 Å². The van der Waals surface area contributed by atoms with Crippen LogP contribution in [0.4, 0.5) is 17.3 Å². The molecule has 0 bridgehead atoms. The molecule has 1 aromatic carbocycles. The number of nitro groups is 1. The quantitative estimate of drug-likeness (QED) is 0.220. The molecular formula is C22H25N5O7S. The summed E-state index contributed by atoms with van der Waals surface area (Å²) in [5, 5.41) is 15.0. The number of nitrogens with one attached hydrogen (secondary N) is 1. The monoisotopic (exact) mass is 503 g/mol. The number of carbonyl (C=O) groups excluding carboxylic acids is 1. The summed E-state index contributed by atoms with van der Waals surface area (Å²) in [5.74, 6) is 0.0835. The number of sulfone groups is 1. The maximum absolute atomic E-state index is 12.0. The van der Waals surface area contributed by atoms with Crippen LogP contribution in [0.15, 0.2) is 58.3 Å². The summed E-state index contributed by atoms with van der Waals surface area (Å²) in [7, 11) is -3.33. The molecule has 0 aliphatic heterocycles. The molecule has 12 nitrogen and oxygen atoms in total. The second-order valence-electron chi connectivity index (χ2n) is 7.48. The molecule has 13 heteroatoms. The number of hydrogen-bond acceptors (Lipinski definition) is 11. The molecule has 0 aliphatic rings. The van der Waals surface area contributed by atoms with Crippen LogP contribution in [0.2, 0.25) is 0 Å². The van der Waals surface area contributed by atoms with Gasteiger partial charge in [-0.3, -0.25) is 14.9 Å². The van der Waals surface area contributed by atoms with Gasteiger partial charge < -0.3 is 19.4 Å². The fraction of sp³-hybridized carbons (Fsp3) is 0.318. The Bertz CT molecular complexity index is 1260. The maximum atomic E-state index is 12.0. The summed E-state index contributed by atoms with van der Waals surface area (Å²) in [4.78, 5) is 33.3. The van der Waals surface area contributed by atoms with Crippen molar-refractivity contribution in [1.82, 2.24) is 9.97 Å². The Labute approximate surface area is 202 Å². The fourth-order valence-electron chi connectivity index (χ4n) is 3.25. The van der Waals surface area contributed by atoms with Gasteiger partial charge in [0.25, 0.3) is 0 Å². The highest BCUT2D eigenvalue weighted by atomic mass is 32.2. The molecule has 0 radical (unpaired) electrons. The number of furan rings is 1. The molecule has 2 heterocycles. The van der Waals surface area contributed by atoms with E-state index in [1.165, 1.54) is 24.7 Å². The van der Waals surface area contributed by atoms with Gasteiger partial charge in [0.15, 0.2) is 9.84 Å². The lowest BCUT2D eigenvalue weighted by Crippen LogP contribution is -2.28. The third-order valence-electron chi connectivity index (χ3n) is 4.91. The maximum Gasteiger partial charge on any atom is 0.353 e. The van der Waals surface area contributed by atoms with Crippen LogP contribution in [-0.4, -0.2) is 48.7 Å². The van der Waals surface area contributed by atoms with E-state index in [4.69, 9.17) is 9.15 Å². The van der Waals surface area contributed by atoms with Crippen LogP contribution in [0.25, 0.3) is 0 Å². The van der Waals surface area contributed by atoms with E-state index in [1.54, 1.807) is 36.1 Å². The number of aromatic nitrogens is 2.